The lowest BCUT2D eigenvalue weighted by Gasteiger charge is -2.42. The first-order chi connectivity index (χ1) is 17.6. The molecule has 3 nitrogen and oxygen atoms in total. The Morgan fingerprint density at radius 1 is 0.625 bits per heavy atom. The summed E-state index contributed by atoms with van der Waals surface area (Å²) in [5.41, 5.74) is 0. The third-order valence-corrected chi connectivity index (χ3v) is 5.76. The highest BCUT2D eigenvalue weighted by molar-refractivity contribution is 5.77. The van der Waals surface area contributed by atoms with Crippen LogP contribution in [-0.2, 0) is 4.79 Å². The number of unbranched alkanes of at least 4 members (excludes halogenated alkanes) is 3. The van der Waals surface area contributed by atoms with Gasteiger partial charge in [-0.1, -0.05) is 12.8 Å². The molecule has 1 N–H and O–H groups in total. The third kappa shape index (κ3) is 6.99. The average molecular weight is 632 g/mol. The molecule has 0 aromatic carbocycles. The van der Waals surface area contributed by atoms with Crippen LogP contribution in [0, 0.1) is 0 Å². The fraction of sp³-hybridized carbons (Fsp3) is 0.950. The van der Waals surface area contributed by atoms with E-state index in [1.807, 2.05) is 7.05 Å². The molecule has 0 saturated carbocycles. The highest BCUT2D eigenvalue weighted by Gasteiger charge is 2.95. The Balaban J connectivity index is 0.00000187. The van der Waals surface area contributed by atoms with Gasteiger partial charge in [0.05, 0.1) is 0 Å². The molecule has 0 atom stereocenters. The molecule has 1 heterocycles. The van der Waals surface area contributed by atoms with E-state index in [9.17, 15) is 79.4 Å². The van der Waals surface area contributed by atoms with Crippen molar-refractivity contribution in [3.05, 3.63) is 0 Å². The number of rotatable bonds is 13. The lowest BCUT2D eigenvalue weighted by atomic mass is 9.88. The number of halogens is 17. The van der Waals surface area contributed by atoms with Gasteiger partial charge in [0.25, 0.3) is 0 Å². The first-order valence-corrected chi connectivity index (χ1v) is 11.2. The van der Waals surface area contributed by atoms with Crippen molar-refractivity contribution in [1.29, 1.82) is 0 Å². The van der Waals surface area contributed by atoms with E-state index in [0.29, 0.717) is 12.5 Å². The van der Waals surface area contributed by atoms with Gasteiger partial charge in [-0.05, 0) is 32.9 Å². The van der Waals surface area contributed by atoms with Crippen LogP contribution in [0.15, 0.2) is 0 Å². The van der Waals surface area contributed by atoms with Gasteiger partial charge in [-0.25, -0.2) is 0 Å². The molecule has 1 rings (SSSR count). The molecule has 0 aromatic heterocycles. The zero-order valence-electron chi connectivity index (χ0n) is 20.6. The maximum Gasteiger partial charge on any atom is 0.460 e. The third-order valence-electron chi connectivity index (χ3n) is 5.76. The van der Waals surface area contributed by atoms with Crippen molar-refractivity contribution in [3.63, 3.8) is 0 Å². The van der Waals surface area contributed by atoms with E-state index in [1.54, 1.807) is 4.90 Å². The largest absolute Gasteiger partial charge is 0.460 e. The van der Waals surface area contributed by atoms with Crippen LogP contribution in [0.1, 0.15) is 44.9 Å². The number of alkyl halides is 17. The van der Waals surface area contributed by atoms with Crippen LogP contribution in [0.3, 0.4) is 0 Å². The zero-order chi connectivity index (χ0) is 32.2. The molecule has 1 saturated heterocycles. The molecular weight excluding hydrogens is 607 g/mol. The van der Waals surface area contributed by atoms with Crippen molar-refractivity contribution in [2.75, 3.05) is 27.2 Å². The van der Waals surface area contributed by atoms with Gasteiger partial charge in [0.1, 0.15) is 0 Å². The normalized spacial score (nSPS) is 16.8. The van der Waals surface area contributed by atoms with Crippen molar-refractivity contribution < 1.29 is 79.4 Å². The smallest absolute Gasteiger partial charge is 0.346 e. The molecular formula is C20H25F17N2O. The Morgan fingerprint density at radius 3 is 1.35 bits per heavy atom. The zero-order valence-corrected chi connectivity index (χ0v) is 20.6. The topological polar surface area (TPSA) is 32.3 Å². The van der Waals surface area contributed by atoms with Crippen LogP contribution in [0.4, 0.5) is 74.6 Å². The number of hydrogen-bond donors (Lipinski definition) is 1. The van der Waals surface area contributed by atoms with Gasteiger partial charge >= 0.3 is 47.6 Å². The number of likely N-dealkylation sites (tertiary alicyclic amines) is 1. The number of nitrogens with one attached hydrogen (secondary N) is 1. The average Bonchev–Trinajstić information content (AvgIpc) is 3.17. The van der Waals surface area contributed by atoms with E-state index in [4.69, 9.17) is 0 Å². The summed E-state index contributed by atoms with van der Waals surface area (Å²) >= 11 is 0. The van der Waals surface area contributed by atoms with Crippen LogP contribution in [-0.4, -0.2) is 85.6 Å². The summed E-state index contributed by atoms with van der Waals surface area (Å²) in [5, 5.41) is 2.57. The highest BCUT2D eigenvalue weighted by atomic mass is 19.4. The molecule has 1 aliphatic rings. The summed E-state index contributed by atoms with van der Waals surface area (Å²) in [5.74, 6) is -55.4. The quantitative estimate of drug-likeness (QED) is 0.170. The van der Waals surface area contributed by atoms with Crippen molar-refractivity contribution >= 4 is 5.91 Å². The molecule has 0 aromatic rings. The molecule has 0 bridgehead atoms. The van der Waals surface area contributed by atoms with E-state index in [2.05, 4.69) is 5.32 Å². The molecule has 1 aliphatic heterocycles. The van der Waals surface area contributed by atoms with Gasteiger partial charge in [0.15, 0.2) is 0 Å². The minimum atomic E-state index is -8.57. The first kappa shape index (κ1) is 38.2. The molecule has 20 heteroatoms. The lowest BCUT2D eigenvalue weighted by molar-refractivity contribution is -0.461. The number of hydrogen-bond acceptors (Lipinski definition) is 2. The van der Waals surface area contributed by atoms with E-state index >= 15 is 0 Å². The molecule has 40 heavy (non-hydrogen) atoms. The fourth-order valence-electron chi connectivity index (χ4n) is 3.14. The number of nitrogens with zero attached hydrogens (tertiary/aromatic N) is 1. The van der Waals surface area contributed by atoms with E-state index < -0.39 is 60.5 Å². The van der Waals surface area contributed by atoms with Crippen LogP contribution in [0.2, 0.25) is 0 Å². The maximum absolute atomic E-state index is 13.6. The van der Waals surface area contributed by atoms with Gasteiger partial charge in [0, 0.05) is 26.4 Å². The highest BCUT2D eigenvalue weighted by Crippen LogP contribution is 2.64. The first-order valence-electron chi connectivity index (χ1n) is 11.2. The van der Waals surface area contributed by atoms with Gasteiger partial charge in [0.2, 0.25) is 5.91 Å². The molecule has 240 valence electrons. The Bertz CT molecular complexity index is 826. The van der Waals surface area contributed by atoms with Crippen molar-refractivity contribution in [2.24, 2.45) is 0 Å². The van der Waals surface area contributed by atoms with E-state index in [0.717, 1.165) is 19.4 Å². The predicted octanol–water partition coefficient (Wildman–Crippen LogP) is 7.40. The summed E-state index contributed by atoms with van der Waals surface area (Å²) in [6.45, 7) is 1.25. The van der Waals surface area contributed by atoms with Crippen LogP contribution >= 0.6 is 0 Å². The van der Waals surface area contributed by atoms with Gasteiger partial charge in [-0.15, -0.1) is 0 Å². The molecule has 0 radical (unpaired) electrons. The van der Waals surface area contributed by atoms with Crippen molar-refractivity contribution in [3.8, 4) is 0 Å². The molecule has 0 unspecified atom stereocenters. The Hall–Kier alpha value is -1.76. The summed E-state index contributed by atoms with van der Waals surface area (Å²) in [6, 6.07) is 0. The lowest BCUT2D eigenvalue weighted by Crippen LogP contribution is -2.74. The van der Waals surface area contributed by atoms with Crippen LogP contribution in [0.5, 0.6) is 0 Å². The monoisotopic (exact) mass is 632 g/mol. The second-order valence-electron chi connectivity index (χ2n) is 8.84. The maximum atomic E-state index is 13.6. The number of carbonyl (C=O) groups excluding carboxylic acids is 1. The molecule has 0 spiro atoms. The summed E-state index contributed by atoms with van der Waals surface area (Å²) in [4.78, 5) is 12.3. The minimum absolute atomic E-state index is 0.0197. The molecule has 1 fully saturated rings. The Kier molecular flexibility index (Phi) is 12.1. The summed E-state index contributed by atoms with van der Waals surface area (Å²) < 4.78 is 222. The van der Waals surface area contributed by atoms with Crippen LogP contribution < -0.4 is 5.32 Å². The SMILES string of the molecule is CN1CCCC1=O.CNCCCCCCC(F)(F)C(F)(F)C(F)(F)C(F)(F)C(F)(F)C(F)(F)C(F)(F)C(F)(F)F. The summed E-state index contributed by atoms with van der Waals surface area (Å²) in [6.07, 6.45) is -9.48. The van der Waals surface area contributed by atoms with Gasteiger partial charge < -0.3 is 10.2 Å². The van der Waals surface area contributed by atoms with Gasteiger partial charge in [-0.3, -0.25) is 4.79 Å². The van der Waals surface area contributed by atoms with Crippen LogP contribution in [0.25, 0.3) is 0 Å². The predicted molar refractivity (Wildman–Crippen MR) is 105 cm³/mol. The second kappa shape index (κ2) is 12.6. The number of carbonyl (C=O) groups is 1. The standard InChI is InChI=1S/C15H16F17N.C5H9NO/c1-33-7-5-3-2-4-6-8(16,17)9(18,19)10(20,21)11(22,23)12(24,25)13(26,27)14(28,29)15(30,31)32;1-6-4-2-3-5(6)7/h33H,2-7H2,1H3;2-4H2,1H3. The van der Waals surface area contributed by atoms with Crippen molar-refractivity contribution in [1.82, 2.24) is 10.2 Å². The number of amides is 1. The summed E-state index contributed by atoms with van der Waals surface area (Å²) in [7, 11) is 3.30. The second-order valence-corrected chi connectivity index (χ2v) is 8.84. The fourth-order valence-corrected chi connectivity index (χ4v) is 3.14. The van der Waals surface area contributed by atoms with E-state index in [-0.39, 0.29) is 19.3 Å². The van der Waals surface area contributed by atoms with Crippen molar-refractivity contribution in [2.45, 2.75) is 92.6 Å². The van der Waals surface area contributed by atoms with Gasteiger partial charge in [-0.2, -0.15) is 74.6 Å². The Labute approximate surface area is 216 Å². The molecule has 0 aliphatic carbocycles. The van der Waals surface area contributed by atoms with E-state index in [1.165, 1.54) is 7.05 Å². The minimum Gasteiger partial charge on any atom is -0.346 e. The molecule has 1 amide bonds. The Morgan fingerprint density at radius 2 is 1.02 bits per heavy atom.